The number of aromatic nitrogens is 1. The summed E-state index contributed by atoms with van der Waals surface area (Å²) in [5.74, 6) is 1.30. The first kappa shape index (κ1) is 13.3. The maximum atomic E-state index is 5.78. The summed E-state index contributed by atoms with van der Waals surface area (Å²) < 4.78 is 5.10. The smallest absolute Gasteiger partial charge is 0.213 e. The van der Waals surface area contributed by atoms with Gasteiger partial charge in [-0.25, -0.2) is 4.98 Å². The van der Waals surface area contributed by atoms with Gasteiger partial charge in [-0.2, -0.15) is 0 Å². The van der Waals surface area contributed by atoms with Crippen molar-refractivity contribution in [2.24, 2.45) is 0 Å². The third-order valence-electron chi connectivity index (χ3n) is 2.46. The van der Waals surface area contributed by atoms with E-state index in [-0.39, 0.29) is 0 Å². The Labute approximate surface area is 102 Å². The topological polar surface area (TPSA) is 25.4 Å². The number of nitrogens with zero attached hydrogens (tertiary/aromatic N) is 2. The lowest BCUT2D eigenvalue weighted by Gasteiger charge is -2.25. The largest absolute Gasteiger partial charge is 0.481 e. The molecule has 0 unspecified atom stereocenters. The second-order valence-electron chi connectivity index (χ2n) is 3.92. The Balaban J connectivity index is 2.68. The lowest BCUT2D eigenvalue weighted by Crippen LogP contribution is -2.32. The van der Waals surface area contributed by atoms with Gasteiger partial charge in [0, 0.05) is 31.1 Å². The van der Waals surface area contributed by atoms with Gasteiger partial charge in [0.15, 0.2) is 0 Å². The molecule has 0 spiro atoms. The summed E-state index contributed by atoms with van der Waals surface area (Å²) in [5.41, 5.74) is 1.01. The third-order valence-corrected chi connectivity index (χ3v) is 2.63. The van der Waals surface area contributed by atoms with Crippen LogP contribution in [0.2, 0.25) is 0 Å². The number of hydrogen-bond donors (Lipinski definition) is 0. The van der Waals surface area contributed by atoms with Crippen LogP contribution in [0.4, 0.5) is 0 Å². The molecular formula is C12H19ClN2O. The first-order chi connectivity index (χ1) is 7.67. The van der Waals surface area contributed by atoms with Crippen LogP contribution in [0, 0.1) is 0 Å². The van der Waals surface area contributed by atoms with E-state index < -0.39 is 0 Å². The van der Waals surface area contributed by atoms with Gasteiger partial charge >= 0.3 is 0 Å². The fourth-order valence-electron chi connectivity index (χ4n) is 1.50. The van der Waals surface area contributed by atoms with E-state index in [1.165, 1.54) is 0 Å². The first-order valence-corrected chi connectivity index (χ1v) is 6.00. The van der Waals surface area contributed by atoms with Crippen LogP contribution >= 0.6 is 11.6 Å². The summed E-state index contributed by atoms with van der Waals surface area (Å²) in [6.07, 6.45) is 0. The van der Waals surface area contributed by atoms with Gasteiger partial charge in [-0.15, -0.1) is 11.6 Å². The van der Waals surface area contributed by atoms with Crippen LogP contribution in [0.25, 0.3) is 0 Å². The minimum atomic E-state index is 0.465. The van der Waals surface area contributed by atoms with Crippen molar-refractivity contribution in [1.82, 2.24) is 9.88 Å². The summed E-state index contributed by atoms with van der Waals surface area (Å²) >= 11 is 5.78. The number of pyridine rings is 1. The Hall–Kier alpha value is -0.800. The van der Waals surface area contributed by atoms with Crippen molar-refractivity contribution in [3.63, 3.8) is 0 Å². The van der Waals surface area contributed by atoms with Crippen molar-refractivity contribution in [3.05, 3.63) is 23.9 Å². The highest BCUT2D eigenvalue weighted by Crippen LogP contribution is 2.10. The zero-order valence-corrected chi connectivity index (χ0v) is 10.9. The predicted octanol–water partition coefficient (Wildman–Crippen LogP) is 2.54. The van der Waals surface area contributed by atoms with Gasteiger partial charge in [0.1, 0.15) is 0 Å². The van der Waals surface area contributed by atoms with Gasteiger partial charge < -0.3 is 4.74 Å². The van der Waals surface area contributed by atoms with Gasteiger partial charge in [-0.1, -0.05) is 6.07 Å². The normalized spacial score (nSPS) is 11.1. The number of hydrogen-bond acceptors (Lipinski definition) is 3. The molecule has 0 fully saturated rings. The Morgan fingerprint density at radius 3 is 2.75 bits per heavy atom. The molecule has 1 rings (SSSR count). The fraction of sp³-hybridized carbons (Fsp3) is 0.583. The van der Waals surface area contributed by atoms with Gasteiger partial charge in [-0.3, -0.25) is 4.90 Å². The van der Waals surface area contributed by atoms with E-state index in [9.17, 15) is 0 Å². The quantitative estimate of drug-likeness (QED) is 0.717. The molecule has 0 atom stereocenters. The lowest BCUT2D eigenvalue weighted by molar-refractivity contribution is 0.223. The molecule has 0 bridgehead atoms. The predicted molar refractivity (Wildman–Crippen MR) is 67.1 cm³/mol. The van der Waals surface area contributed by atoms with E-state index in [0.29, 0.717) is 17.8 Å². The minimum Gasteiger partial charge on any atom is -0.481 e. The summed E-state index contributed by atoms with van der Waals surface area (Å²) in [7, 11) is 1.63. The van der Waals surface area contributed by atoms with E-state index in [2.05, 4.69) is 23.7 Å². The van der Waals surface area contributed by atoms with Gasteiger partial charge in [0.25, 0.3) is 0 Å². The Kier molecular flexibility index (Phi) is 5.56. The zero-order valence-electron chi connectivity index (χ0n) is 10.1. The fourth-order valence-corrected chi connectivity index (χ4v) is 1.71. The molecule has 0 radical (unpaired) electrons. The second kappa shape index (κ2) is 6.71. The van der Waals surface area contributed by atoms with Crippen LogP contribution < -0.4 is 4.74 Å². The monoisotopic (exact) mass is 242 g/mol. The van der Waals surface area contributed by atoms with E-state index in [1.54, 1.807) is 7.11 Å². The average Bonchev–Trinajstić information content (AvgIpc) is 2.28. The van der Waals surface area contributed by atoms with Crippen LogP contribution in [-0.4, -0.2) is 35.5 Å². The van der Waals surface area contributed by atoms with Crippen LogP contribution in [0.1, 0.15) is 19.5 Å². The van der Waals surface area contributed by atoms with Crippen LogP contribution in [0.3, 0.4) is 0 Å². The highest BCUT2D eigenvalue weighted by Gasteiger charge is 2.10. The number of rotatable bonds is 6. The summed E-state index contributed by atoms with van der Waals surface area (Å²) in [6.45, 7) is 6.00. The van der Waals surface area contributed by atoms with E-state index in [4.69, 9.17) is 16.3 Å². The Morgan fingerprint density at radius 2 is 2.19 bits per heavy atom. The van der Waals surface area contributed by atoms with Gasteiger partial charge in [0.2, 0.25) is 5.88 Å². The molecule has 90 valence electrons. The minimum absolute atomic E-state index is 0.465. The molecule has 16 heavy (non-hydrogen) atoms. The SMILES string of the molecule is COc1cccc(CN(CCCl)C(C)C)n1. The molecule has 0 saturated heterocycles. The molecule has 1 aromatic rings. The van der Waals surface area contributed by atoms with Gasteiger partial charge in [0.05, 0.1) is 12.8 Å². The molecule has 0 aliphatic carbocycles. The van der Waals surface area contributed by atoms with E-state index in [1.807, 2.05) is 18.2 Å². The van der Waals surface area contributed by atoms with Gasteiger partial charge in [-0.05, 0) is 19.9 Å². The van der Waals surface area contributed by atoms with Crippen LogP contribution in [0.15, 0.2) is 18.2 Å². The molecule has 0 amide bonds. The number of ether oxygens (including phenoxy) is 1. The van der Waals surface area contributed by atoms with Crippen molar-refractivity contribution in [3.8, 4) is 5.88 Å². The number of alkyl halides is 1. The number of methoxy groups -OCH3 is 1. The maximum Gasteiger partial charge on any atom is 0.213 e. The molecule has 0 N–H and O–H groups in total. The summed E-state index contributed by atoms with van der Waals surface area (Å²) in [6, 6.07) is 6.28. The molecule has 4 heteroatoms. The van der Waals surface area contributed by atoms with Crippen LogP contribution in [-0.2, 0) is 6.54 Å². The highest BCUT2D eigenvalue weighted by atomic mass is 35.5. The Bertz CT molecular complexity index is 318. The third kappa shape index (κ3) is 3.99. The second-order valence-corrected chi connectivity index (χ2v) is 4.30. The molecule has 0 aliphatic rings. The van der Waals surface area contributed by atoms with E-state index in [0.717, 1.165) is 18.8 Å². The van der Waals surface area contributed by atoms with Crippen molar-refractivity contribution in [1.29, 1.82) is 0 Å². The standard InChI is InChI=1S/C12H19ClN2O/c1-10(2)15(8-7-13)9-11-5-4-6-12(14-11)16-3/h4-6,10H,7-9H2,1-3H3. The molecule has 1 heterocycles. The van der Waals surface area contributed by atoms with E-state index >= 15 is 0 Å². The Morgan fingerprint density at radius 1 is 1.44 bits per heavy atom. The number of halogens is 1. The lowest BCUT2D eigenvalue weighted by atomic mass is 10.2. The van der Waals surface area contributed by atoms with Crippen molar-refractivity contribution < 1.29 is 4.74 Å². The van der Waals surface area contributed by atoms with Crippen molar-refractivity contribution >= 4 is 11.6 Å². The molecule has 3 nitrogen and oxygen atoms in total. The molecule has 0 aliphatic heterocycles. The summed E-state index contributed by atoms with van der Waals surface area (Å²) in [5, 5.41) is 0. The highest BCUT2D eigenvalue weighted by molar-refractivity contribution is 6.18. The molecule has 0 saturated carbocycles. The van der Waals surface area contributed by atoms with Crippen LogP contribution in [0.5, 0.6) is 5.88 Å². The molecule has 0 aromatic carbocycles. The summed E-state index contributed by atoms with van der Waals surface area (Å²) in [4.78, 5) is 6.68. The molecule has 1 aromatic heterocycles. The average molecular weight is 243 g/mol. The maximum absolute atomic E-state index is 5.78. The van der Waals surface area contributed by atoms with Crippen molar-refractivity contribution in [2.75, 3.05) is 19.5 Å². The van der Waals surface area contributed by atoms with Crippen molar-refractivity contribution in [2.45, 2.75) is 26.4 Å². The first-order valence-electron chi connectivity index (χ1n) is 5.47. The molecular weight excluding hydrogens is 224 g/mol. The zero-order chi connectivity index (χ0) is 12.0.